The zero-order valence-electron chi connectivity index (χ0n) is 13.6. The predicted molar refractivity (Wildman–Crippen MR) is 80.6 cm³/mol. The Kier molecular flexibility index (Phi) is 3.87. The van der Waals surface area contributed by atoms with Gasteiger partial charge in [0.15, 0.2) is 0 Å². The molecular weight excluding hydrogens is 216 g/mol. The van der Waals surface area contributed by atoms with E-state index in [2.05, 4.69) is 41.5 Å². The van der Waals surface area contributed by atoms with E-state index in [-0.39, 0.29) is 0 Å². The molecule has 4 rings (SSSR count). The predicted octanol–water partition coefficient (Wildman–Crippen LogP) is 5.91. The number of hydrogen-bond acceptors (Lipinski definition) is 0. The van der Waals surface area contributed by atoms with Crippen LogP contribution in [0.3, 0.4) is 0 Å². The van der Waals surface area contributed by atoms with E-state index in [1.54, 1.807) is 12.8 Å². The second-order valence-corrected chi connectivity index (χ2v) is 9.63. The average Bonchev–Trinajstić information content (AvgIpc) is 2.77. The highest BCUT2D eigenvalue weighted by molar-refractivity contribution is 5.02. The molecule has 0 heterocycles. The minimum Gasteiger partial charge on any atom is -0.0602 e. The fourth-order valence-electron chi connectivity index (χ4n) is 3.63. The van der Waals surface area contributed by atoms with Crippen LogP contribution >= 0.6 is 0 Å². The van der Waals surface area contributed by atoms with E-state index < -0.39 is 0 Å². The van der Waals surface area contributed by atoms with Gasteiger partial charge in [0.25, 0.3) is 0 Å². The van der Waals surface area contributed by atoms with Gasteiger partial charge in [-0.25, -0.2) is 0 Å². The number of rotatable bonds is 2. The molecule has 4 saturated carbocycles. The average molecular weight is 250 g/mol. The molecule has 18 heavy (non-hydrogen) atoms. The van der Waals surface area contributed by atoms with E-state index in [1.165, 1.54) is 25.7 Å². The first-order chi connectivity index (χ1) is 8.14. The van der Waals surface area contributed by atoms with Crippen LogP contribution in [0.15, 0.2) is 0 Å². The molecule has 4 aliphatic carbocycles. The minimum atomic E-state index is 0.584. The summed E-state index contributed by atoms with van der Waals surface area (Å²) < 4.78 is 0. The Morgan fingerprint density at radius 1 is 0.722 bits per heavy atom. The smallest absolute Gasteiger partial charge is 0.0352 e. The van der Waals surface area contributed by atoms with Gasteiger partial charge in [0.2, 0.25) is 0 Å². The van der Waals surface area contributed by atoms with E-state index in [4.69, 9.17) is 0 Å². The third kappa shape index (κ3) is 4.28. The van der Waals surface area contributed by atoms with Gasteiger partial charge in [0.1, 0.15) is 0 Å². The minimum absolute atomic E-state index is 0.584. The van der Waals surface area contributed by atoms with E-state index in [0.717, 1.165) is 23.7 Å². The Labute approximate surface area is 115 Å². The molecule has 0 saturated heterocycles. The van der Waals surface area contributed by atoms with Crippen LogP contribution in [-0.4, -0.2) is 0 Å². The maximum Gasteiger partial charge on any atom is -0.0352 e. The molecule has 0 heteroatoms. The fraction of sp³-hybridized carbons (Fsp3) is 1.00. The fourth-order valence-corrected chi connectivity index (χ4v) is 3.63. The molecule has 0 aromatic rings. The van der Waals surface area contributed by atoms with E-state index in [0.29, 0.717) is 10.8 Å². The van der Waals surface area contributed by atoms with Crippen molar-refractivity contribution in [3.63, 3.8) is 0 Å². The second kappa shape index (κ2) is 4.84. The normalized spacial score (nSPS) is 34.0. The lowest BCUT2D eigenvalue weighted by Gasteiger charge is -2.60. The van der Waals surface area contributed by atoms with Crippen molar-refractivity contribution in [1.82, 2.24) is 0 Å². The Balaban J connectivity index is 0.000000138. The van der Waals surface area contributed by atoms with Gasteiger partial charge < -0.3 is 0 Å². The van der Waals surface area contributed by atoms with Crippen LogP contribution in [0.1, 0.15) is 80.1 Å². The van der Waals surface area contributed by atoms with Gasteiger partial charge >= 0.3 is 0 Å². The molecule has 0 nitrogen and oxygen atoms in total. The summed E-state index contributed by atoms with van der Waals surface area (Å²) >= 11 is 0. The molecule has 0 amide bonds. The Bertz CT molecular complexity index is 257. The van der Waals surface area contributed by atoms with Crippen molar-refractivity contribution in [3.05, 3.63) is 0 Å². The molecule has 0 unspecified atom stereocenters. The quantitative estimate of drug-likeness (QED) is 0.571. The zero-order chi connectivity index (χ0) is 13.6. The molecule has 0 N–H and O–H groups in total. The third-order valence-electron chi connectivity index (χ3n) is 4.87. The maximum absolute atomic E-state index is 2.37. The van der Waals surface area contributed by atoms with E-state index in [1.807, 2.05) is 0 Å². The lowest BCUT2D eigenvalue weighted by atomic mass is 9.45. The van der Waals surface area contributed by atoms with E-state index in [9.17, 15) is 0 Å². The van der Waals surface area contributed by atoms with Gasteiger partial charge in [-0.3, -0.25) is 0 Å². The lowest BCUT2D eigenvalue weighted by molar-refractivity contribution is -0.0999. The Hall–Kier alpha value is 0. The molecular formula is C18H34. The first kappa shape index (κ1) is 14.4. The van der Waals surface area contributed by atoms with Gasteiger partial charge in [-0.2, -0.15) is 0 Å². The molecule has 0 aliphatic heterocycles. The van der Waals surface area contributed by atoms with Crippen molar-refractivity contribution in [2.24, 2.45) is 34.5 Å². The summed E-state index contributed by atoms with van der Waals surface area (Å²) in [5, 5.41) is 0. The molecule has 0 atom stereocenters. The molecule has 4 fully saturated rings. The van der Waals surface area contributed by atoms with Crippen LogP contribution in [0.25, 0.3) is 0 Å². The van der Waals surface area contributed by atoms with Crippen molar-refractivity contribution in [3.8, 4) is 0 Å². The lowest BCUT2D eigenvalue weighted by Crippen LogP contribution is -2.51. The van der Waals surface area contributed by atoms with Gasteiger partial charge in [0.05, 0.1) is 0 Å². The third-order valence-corrected chi connectivity index (χ3v) is 4.87. The molecule has 0 aromatic carbocycles. The summed E-state index contributed by atoms with van der Waals surface area (Å²) in [6, 6.07) is 0. The molecule has 106 valence electrons. The zero-order valence-corrected chi connectivity index (χ0v) is 13.6. The highest BCUT2D eigenvalue weighted by Gasteiger charge is 2.52. The summed E-state index contributed by atoms with van der Waals surface area (Å²) in [7, 11) is 0. The first-order valence-electron chi connectivity index (χ1n) is 8.14. The first-order valence-corrected chi connectivity index (χ1v) is 8.14. The molecule has 0 aromatic heterocycles. The van der Waals surface area contributed by atoms with Crippen molar-refractivity contribution in [2.75, 3.05) is 0 Å². The van der Waals surface area contributed by atoms with Crippen molar-refractivity contribution >= 4 is 0 Å². The number of hydrogen-bond donors (Lipinski definition) is 0. The summed E-state index contributed by atoms with van der Waals surface area (Å²) in [6.07, 6.45) is 9.05. The topological polar surface area (TPSA) is 0 Å². The van der Waals surface area contributed by atoms with Crippen LogP contribution in [0, 0.1) is 34.5 Å². The summed E-state index contributed by atoms with van der Waals surface area (Å²) in [5.41, 5.74) is 1.17. The van der Waals surface area contributed by atoms with E-state index >= 15 is 0 Å². The van der Waals surface area contributed by atoms with Crippen LogP contribution in [-0.2, 0) is 0 Å². The van der Waals surface area contributed by atoms with Crippen LogP contribution in [0.2, 0.25) is 0 Å². The van der Waals surface area contributed by atoms with Gasteiger partial charge in [-0.05, 0) is 60.2 Å². The van der Waals surface area contributed by atoms with Gasteiger partial charge in [-0.15, -0.1) is 0 Å². The van der Waals surface area contributed by atoms with Crippen LogP contribution in [0.4, 0.5) is 0 Å². The molecule has 2 bridgehead atoms. The van der Waals surface area contributed by atoms with Gasteiger partial charge in [0, 0.05) is 0 Å². The monoisotopic (exact) mass is 250 g/mol. The summed E-state index contributed by atoms with van der Waals surface area (Å²) in [5.74, 6) is 4.54. The maximum atomic E-state index is 2.37. The largest absolute Gasteiger partial charge is 0.0602 e. The highest BCUT2D eigenvalue weighted by atomic mass is 14.6. The second-order valence-electron chi connectivity index (χ2n) is 9.63. The Morgan fingerprint density at radius 3 is 1.28 bits per heavy atom. The summed E-state index contributed by atoms with van der Waals surface area (Å²) in [4.78, 5) is 0. The molecule has 0 radical (unpaired) electrons. The SMILES string of the molecule is CC(C)(C)CC1C2CC1C2.CC(C)(C)CC1CC1. The van der Waals surface area contributed by atoms with Crippen LogP contribution < -0.4 is 0 Å². The molecule has 4 aliphatic rings. The van der Waals surface area contributed by atoms with Crippen molar-refractivity contribution in [1.29, 1.82) is 0 Å². The van der Waals surface area contributed by atoms with Crippen molar-refractivity contribution in [2.45, 2.75) is 80.1 Å². The van der Waals surface area contributed by atoms with Crippen molar-refractivity contribution < 1.29 is 0 Å². The standard InChI is InChI=1S/C10H18.C8H16/c1-10(2,3)6-9-7-4-8(9)5-7;1-8(2,3)6-7-4-5-7/h7-9H,4-6H2,1-3H3;7H,4-6H2,1-3H3. The highest BCUT2D eigenvalue weighted by Crippen LogP contribution is 2.61. The molecule has 0 spiro atoms. The Morgan fingerprint density at radius 2 is 1.17 bits per heavy atom. The summed E-state index contributed by atoms with van der Waals surface area (Å²) in [6.45, 7) is 14.1. The van der Waals surface area contributed by atoms with Gasteiger partial charge in [-0.1, -0.05) is 54.4 Å². The van der Waals surface area contributed by atoms with Crippen LogP contribution in [0.5, 0.6) is 0 Å².